The van der Waals surface area contributed by atoms with E-state index in [4.69, 9.17) is 4.98 Å². The van der Waals surface area contributed by atoms with E-state index in [0.29, 0.717) is 5.92 Å². The first-order chi connectivity index (χ1) is 13.5. The van der Waals surface area contributed by atoms with Gasteiger partial charge >= 0.3 is 0 Å². The Bertz CT molecular complexity index is 1220. The molecule has 1 aliphatic heterocycles. The highest BCUT2D eigenvalue weighted by Gasteiger charge is 2.22. The Morgan fingerprint density at radius 2 is 1.64 bits per heavy atom. The number of rotatable bonds is 2. The van der Waals surface area contributed by atoms with Crippen molar-refractivity contribution in [3.63, 3.8) is 0 Å². The molecule has 0 N–H and O–H groups in total. The second-order valence-corrected chi connectivity index (χ2v) is 9.12. The Morgan fingerprint density at radius 3 is 2.39 bits per heavy atom. The van der Waals surface area contributed by atoms with Gasteiger partial charge < -0.3 is 0 Å². The highest BCUT2D eigenvalue weighted by molar-refractivity contribution is 7.99. The molecule has 0 aliphatic carbocycles. The smallest absolute Gasteiger partial charge is 0.0803 e. The zero-order valence-electron chi connectivity index (χ0n) is 16.7. The van der Waals surface area contributed by atoms with Crippen LogP contribution in [-0.2, 0) is 0 Å². The fourth-order valence-electron chi connectivity index (χ4n) is 4.17. The van der Waals surface area contributed by atoms with Crippen molar-refractivity contribution in [1.29, 1.82) is 0 Å². The van der Waals surface area contributed by atoms with Gasteiger partial charge in [0, 0.05) is 26.9 Å². The predicted molar refractivity (Wildman–Crippen MR) is 120 cm³/mol. The molecule has 28 heavy (non-hydrogen) atoms. The molecule has 1 nitrogen and oxygen atoms in total. The Hall–Kier alpha value is -2.58. The molecule has 3 aromatic carbocycles. The largest absolute Gasteiger partial charge is 0.256 e. The van der Waals surface area contributed by atoms with Crippen LogP contribution in [0, 0.1) is 13.8 Å². The first kappa shape index (κ1) is 17.5. The molecular weight excluding hydrogens is 358 g/mol. The molecule has 2 heteroatoms. The lowest BCUT2D eigenvalue weighted by Crippen LogP contribution is -1.98. The van der Waals surface area contributed by atoms with Gasteiger partial charge in [-0.2, -0.15) is 0 Å². The highest BCUT2D eigenvalue weighted by Crippen LogP contribution is 2.49. The summed E-state index contributed by atoms with van der Waals surface area (Å²) in [4.78, 5) is 7.43. The third-order valence-electron chi connectivity index (χ3n) is 5.62. The summed E-state index contributed by atoms with van der Waals surface area (Å²) in [5.74, 6) is 0.555. The lowest BCUT2D eigenvalue weighted by molar-refractivity contribution is 0.867. The zero-order chi connectivity index (χ0) is 19.4. The van der Waals surface area contributed by atoms with E-state index in [2.05, 4.69) is 82.3 Å². The maximum absolute atomic E-state index is 4.78. The van der Waals surface area contributed by atoms with Gasteiger partial charge in [-0.1, -0.05) is 61.5 Å². The Labute approximate surface area is 170 Å². The average molecular weight is 382 g/mol. The third kappa shape index (κ3) is 2.75. The molecule has 0 saturated carbocycles. The molecule has 4 aromatic rings. The van der Waals surface area contributed by atoms with E-state index in [1.54, 1.807) is 0 Å². The molecule has 0 spiro atoms. The van der Waals surface area contributed by atoms with Crippen molar-refractivity contribution in [3.8, 4) is 22.4 Å². The molecule has 0 unspecified atom stereocenters. The highest BCUT2D eigenvalue weighted by atomic mass is 32.2. The fraction of sp³-hybridized carbons (Fsp3) is 0.192. The summed E-state index contributed by atoms with van der Waals surface area (Å²) >= 11 is 1.89. The number of hydrogen-bond donors (Lipinski definition) is 0. The van der Waals surface area contributed by atoms with Gasteiger partial charge in [0.15, 0.2) is 0 Å². The van der Waals surface area contributed by atoms with Crippen LogP contribution in [0.4, 0.5) is 0 Å². The van der Waals surface area contributed by atoms with Crippen LogP contribution < -0.4 is 0 Å². The van der Waals surface area contributed by atoms with Crippen LogP contribution in [-0.4, -0.2) is 4.98 Å². The maximum atomic E-state index is 4.78. The molecule has 0 saturated heterocycles. The van der Waals surface area contributed by atoms with Gasteiger partial charge in [-0.25, -0.2) is 0 Å². The van der Waals surface area contributed by atoms with Gasteiger partial charge in [0.1, 0.15) is 0 Å². The lowest BCUT2D eigenvalue weighted by atomic mass is 9.95. The van der Waals surface area contributed by atoms with E-state index in [1.165, 1.54) is 53.9 Å². The van der Waals surface area contributed by atoms with Crippen molar-refractivity contribution in [2.75, 3.05) is 0 Å². The number of benzene rings is 3. The number of hydrogen-bond acceptors (Lipinski definition) is 2. The van der Waals surface area contributed by atoms with Crippen molar-refractivity contribution in [1.82, 2.24) is 4.98 Å². The molecule has 0 bridgehead atoms. The predicted octanol–water partition coefficient (Wildman–Crippen LogP) is 7.77. The molecule has 0 fully saturated rings. The molecule has 2 heterocycles. The number of aromatic nitrogens is 1. The lowest BCUT2D eigenvalue weighted by Gasteiger charge is -2.22. The minimum atomic E-state index is 0.555. The molecule has 1 aromatic heterocycles. The Kier molecular flexibility index (Phi) is 4.06. The summed E-state index contributed by atoms with van der Waals surface area (Å²) in [5, 5.41) is 2.55. The summed E-state index contributed by atoms with van der Waals surface area (Å²) in [6.45, 7) is 8.85. The summed E-state index contributed by atoms with van der Waals surface area (Å²) in [7, 11) is 0. The van der Waals surface area contributed by atoms with Crippen LogP contribution in [0.1, 0.15) is 36.5 Å². The summed E-state index contributed by atoms with van der Waals surface area (Å²) < 4.78 is 0. The molecule has 0 amide bonds. The number of pyridine rings is 1. The molecule has 0 radical (unpaired) electrons. The monoisotopic (exact) mass is 381 g/mol. The van der Waals surface area contributed by atoms with Gasteiger partial charge in [0.05, 0.1) is 5.69 Å². The third-order valence-corrected chi connectivity index (χ3v) is 6.91. The second-order valence-electron chi connectivity index (χ2n) is 8.07. The van der Waals surface area contributed by atoms with Gasteiger partial charge in [0.2, 0.25) is 0 Å². The number of aryl methyl sites for hydroxylation is 2. The molecular formula is C26H23NS. The van der Waals surface area contributed by atoms with Crippen molar-refractivity contribution in [2.45, 2.75) is 43.4 Å². The summed E-state index contributed by atoms with van der Waals surface area (Å²) in [5.41, 5.74) is 8.94. The van der Waals surface area contributed by atoms with Crippen LogP contribution in [0.25, 0.3) is 33.2 Å². The first-order valence-electron chi connectivity index (χ1n) is 9.84. The quantitative estimate of drug-likeness (QED) is 0.310. The second kappa shape index (κ2) is 6.49. The van der Waals surface area contributed by atoms with E-state index < -0.39 is 0 Å². The van der Waals surface area contributed by atoms with Crippen LogP contribution in [0.5, 0.6) is 0 Å². The van der Waals surface area contributed by atoms with E-state index in [1.807, 2.05) is 18.0 Å². The van der Waals surface area contributed by atoms with E-state index in [0.717, 1.165) is 5.69 Å². The molecule has 1 aliphatic rings. The standard InChI is InChI=1S/C26H23NS/c1-15(2)18-5-7-19(8-6-18)21-13-20-9-10-27-25-22-12-16(3)11-17(4)26(22)28-23(14-21)24(20)25/h5-15H,1-4H3. The Morgan fingerprint density at radius 1 is 0.857 bits per heavy atom. The minimum Gasteiger partial charge on any atom is -0.256 e. The van der Waals surface area contributed by atoms with Gasteiger partial charge in [-0.3, -0.25) is 4.98 Å². The average Bonchev–Trinajstić information content (AvgIpc) is 2.69. The van der Waals surface area contributed by atoms with Crippen molar-refractivity contribution < 1.29 is 0 Å². The van der Waals surface area contributed by atoms with E-state index in [-0.39, 0.29) is 0 Å². The zero-order valence-corrected chi connectivity index (χ0v) is 17.5. The van der Waals surface area contributed by atoms with E-state index in [9.17, 15) is 0 Å². The Balaban J connectivity index is 1.72. The normalized spacial score (nSPS) is 12.5. The van der Waals surface area contributed by atoms with Crippen LogP contribution >= 0.6 is 11.8 Å². The van der Waals surface area contributed by atoms with Crippen LogP contribution in [0.15, 0.2) is 70.6 Å². The molecule has 5 rings (SSSR count). The fourth-order valence-corrected chi connectivity index (χ4v) is 5.37. The van der Waals surface area contributed by atoms with Crippen LogP contribution in [0.3, 0.4) is 0 Å². The first-order valence-corrected chi connectivity index (χ1v) is 10.7. The van der Waals surface area contributed by atoms with Gasteiger partial charge in [0.25, 0.3) is 0 Å². The topological polar surface area (TPSA) is 12.9 Å². The molecule has 0 atom stereocenters. The van der Waals surface area contributed by atoms with Gasteiger partial charge in [-0.15, -0.1) is 0 Å². The summed E-state index contributed by atoms with van der Waals surface area (Å²) in [6, 6.07) is 20.3. The van der Waals surface area contributed by atoms with Crippen LogP contribution in [0.2, 0.25) is 0 Å². The number of fused-ring (bicyclic) bond motifs is 2. The maximum Gasteiger partial charge on any atom is 0.0803 e. The number of nitrogens with zero attached hydrogens (tertiary/aromatic N) is 1. The minimum absolute atomic E-state index is 0.555. The van der Waals surface area contributed by atoms with E-state index >= 15 is 0 Å². The van der Waals surface area contributed by atoms with Crippen molar-refractivity contribution in [2.24, 2.45) is 0 Å². The van der Waals surface area contributed by atoms with Gasteiger partial charge in [-0.05, 0) is 71.7 Å². The molecule has 138 valence electrons. The summed E-state index contributed by atoms with van der Waals surface area (Å²) in [6.07, 6.45) is 1.95. The van der Waals surface area contributed by atoms with Crippen molar-refractivity contribution >= 4 is 22.5 Å². The van der Waals surface area contributed by atoms with Crippen molar-refractivity contribution in [3.05, 3.63) is 77.5 Å². The SMILES string of the molecule is Cc1cc(C)c2c(c1)-c1nccc3cc(-c4ccc(C(C)C)cc4)cc(c13)S2.